The van der Waals surface area contributed by atoms with Gasteiger partial charge in [-0.2, -0.15) is 0 Å². The number of likely N-dealkylation sites (tertiary alicyclic amines) is 1. The fourth-order valence-electron chi connectivity index (χ4n) is 3.81. The highest BCUT2D eigenvalue weighted by Crippen LogP contribution is 2.41. The van der Waals surface area contributed by atoms with E-state index in [2.05, 4.69) is 39.0 Å². The van der Waals surface area contributed by atoms with Crippen molar-refractivity contribution in [3.8, 4) is 0 Å². The first-order valence-electron chi connectivity index (χ1n) is 7.77. The van der Waals surface area contributed by atoms with Gasteiger partial charge in [0.25, 0.3) is 0 Å². The van der Waals surface area contributed by atoms with E-state index in [1.54, 1.807) is 0 Å². The molecule has 0 spiro atoms. The minimum Gasteiger partial charge on any atom is -0.342 e. The van der Waals surface area contributed by atoms with E-state index >= 15 is 0 Å². The molecule has 2 unspecified atom stereocenters. The monoisotopic (exact) mass is 271 g/mol. The van der Waals surface area contributed by atoms with E-state index in [4.69, 9.17) is 0 Å². The number of benzene rings is 1. The largest absolute Gasteiger partial charge is 0.342 e. The summed E-state index contributed by atoms with van der Waals surface area (Å²) in [5, 5.41) is 0. The highest BCUT2D eigenvalue weighted by atomic mass is 16.2. The summed E-state index contributed by atoms with van der Waals surface area (Å²) in [6, 6.07) is 7.44. The van der Waals surface area contributed by atoms with Crippen LogP contribution in [0.2, 0.25) is 0 Å². The topological polar surface area (TPSA) is 20.3 Å². The molecule has 1 aliphatic carbocycles. The number of nitrogens with zero attached hydrogens (tertiary/aromatic N) is 1. The van der Waals surface area contributed by atoms with Crippen LogP contribution < -0.4 is 0 Å². The number of hydrogen-bond donors (Lipinski definition) is 0. The lowest BCUT2D eigenvalue weighted by molar-refractivity contribution is -0.135. The van der Waals surface area contributed by atoms with Crippen molar-refractivity contribution in [3.63, 3.8) is 0 Å². The molecule has 2 aliphatic rings. The number of carbonyl (C=O) groups excluding carboxylic acids is 1. The Bertz CT molecular complexity index is 541. The van der Waals surface area contributed by atoms with Crippen LogP contribution in [0.4, 0.5) is 0 Å². The second kappa shape index (κ2) is 4.61. The normalized spacial score (nSPS) is 26.2. The zero-order chi connectivity index (χ0) is 14.5. The van der Waals surface area contributed by atoms with Gasteiger partial charge in [0, 0.05) is 25.4 Å². The molecular formula is C18H25NO. The zero-order valence-corrected chi connectivity index (χ0v) is 13.1. The Hall–Kier alpha value is -1.31. The molecule has 3 rings (SSSR count). The molecule has 1 heterocycles. The molecule has 2 atom stereocenters. The van der Waals surface area contributed by atoms with E-state index in [1.807, 2.05) is 11.9 Å². The maximum absolute atomic E-state index is 11.9. The van der Waals surface area contributed by atoms with Gasteiger partial charge in [-0.3, -0.25) is 4.79 Å². The van der Waals surface area contributed by atoms with E-state index in [9.17, 15) is 4.79 Å². The van der Waals surface area contributed by atoms with Crippen LogP contribution in [0.25, 0.3) is 0 Å². The first-order valence-corrected chi connectivity index (χ1v) is 7.77. The van der Waals surface area contributed by atoms with E-state index in [0.717, 1.165) is 19.3 Å². The molecule has 0 N–H and O–H groups in total. The third-order valence-corrected chi connectivity index (χ3v) is 5.14. The lowest BCUT2D eigenvalue weighted by Gasteiger charge is -2.43. The van der Waals surface area contributed by atoms with Crippen molar-refractivity contribution >= 4 is 5.91 Å². The van der Waals surface area contributed by atoms with E-state index in [0.29, 0.717) is 24.3 Å². The van der Waals surface area contributed by atoms with Gasteiger partial charge >= 0.3 is 0 Å². The number of rotatable bonds is 0. The first kappa shape index (κ1) is 13.7. The molecule has 1 aromatic carbocycles. The minimum atomic E-state index is 0.213. The van der Waals surface area contributed by atoms with Crippen molar-refractivity contribution in [2.45, 2.75) is 63.8 Å². The molecule has 108 valence electrons. The Morgan fingerprint density at radius 2 is 1.90 bits per heavy atom. The highest BCUT2D eigenvalue weighted by molar-refractivity contribution is 5.77. The molecule has 1 amide bonds. The van der Waals surface area contributed by atoms with Crippen molar-refractivity contribution in [2.24, 2.45) is 0 Å². The van der Waals surface area contributed by atoms with Crippen molar-refractivity contribution in [2.75, 3.05) is 7.05 Å². The van der Waals surface area contributed by atoms with Crippen LogP contribution in [0.15, 0.2) is 18.2 Å². The number of hydrogen-bond acceptors (Lipinski definition) is 1. The molecule has 0 radical (unpaired) electrons. The average molecular weight is 271 g/mol. The Kier molecular flexibility index (Phi) is 3.15. The Morgan fingerprint density at radius 1 is 1.15 bits per heavy atom. The Labute approximate surface area is 122 Å². The molecule has 0 saturated carbocycles. The number of aryl methyl sites for hydroxylation is 1. The lowest BCUT2D eigenvalue weighted by atomic mass is 9.72. The van der Waals surface area contributed by atoms with Gasteiger partial charge in [-0.1, -0.05) is 39.0 Å². The van der Waals surface area contributed by atoms with Gasteiger partial charge in [0.2, 0.25) is 5.91 Å². The van der Waals surface area contributed by atoms with Crippen molar-refractivity contribution in [3.05, 3.63) is 34.9 Å². The Morgan fingerprint density at radius 3 is 2.60 bits per heavy atom. The maximum atomic E-state index is 11.9. The number of amides is 1. The SMILES string of the molecule is CN1C(=O)CCC2c3ccc(C(C)(C)C)cc3CCC21. The molecule has 2 nitrogen and oxygen atoms in total. The Balaban J connectivity index is 1.97. The highest BCUT2D eigenvalue weighted by Gasteiger charge is 2.37. The summed E-state index contributed by atoms with van der Waals surface area (Å²) >= 11 is 0. The maximum Gasteiger partial charge on any atom is 0.222 e. The summed E-state index contributed by atoms with van der Waals surface area (Å²) in [6.07, 6.45) is 3.96. The third kappa shape index (κ3) is 2.15. The van der Waals surface area contributed by atoms with Gasteiger partial charge in [-0.05, 0) is 41.4 Å². The number of likely N-dealkylation sites (N-methyl/N-ethyl adjacent to an activating group) is 1. The lowest BCUT2D eigenvalue weighted by Crippen LogP contribution is -2.47. The summed E-state index contributed by atoms with van der Waals surface area (Å²) in [4.78, 5) is 13.9. The van der Waals surface area contributed by atoms with Crippen LogP contribution in [0.5, 0.6) is 0 Å². The van der Waals surface area contributed by atoms with Crippen LogP contribution in [0.1, 0.15) is 62.6 Å². The van der Waals surface area contributed by atoms with E-state index in [-0.39, 0.29) is 5.41 Å². The van der Waals surface area contributed by atoms with Gasteiger partial charge in [-0.15, -0.1) is 0 Å². The summed E-state index contributed by atoms with van der Waals surface area (Å²) in [7, 11) is 1.98. The van der Waals surface area contributed by atoms with Crippen molar-refractivity contribution in [1.29, 1.82) is 0 Å². The predicted molar refractivity (Wildman–Crippen MR) is 82.0 cm³/mol. The molecule has 1 saturated heterocycles. The first-order chi connectivity index (χ1) is 9.38. The minimum absolute atomic E-state index is 0.213. The quantitative estimate of drug-likeness (QED) is 0.705. The molecule has 0 aromatic heterocycles. The summed E-state index contributed by atoms with van der Waals surface area (Å²) in [6.45, 7) is 6.81. The summed E-state index contributed by atoms with van der Waals surface area (Å²) < 4.78 is 0. The molecular weight excluding hydrogens is 246 g/mol. The van der Waals surface area contributed by atoms with Crippen LogP contribution in [0.3, 0.4) is 0 Å². The summed E-state index contributed by atoms with van der Waals surface area (Å²) in [5.41, 5.74) is 4.65. The van der Waals surface area contributed by atoms with Crippen molar-refractivity contribution in [1.82, 2.24) is 4.90 Å². The van der Waals surface area contributed by atoms with Gasteiger partial charge in [0.05, 0.1) is 0 Å². The van der Waals surface area contributed by atoms with Crippen LogP contribution in [-0.4, -0.2) is 23.9 Å². The second-order valence-electron chi connectivity index (χ2n) is 7.42. The molecule has 1 fully saturated rings. The van der Waals surface area contributed by atoms with E-state index < -0.39 is 0 Å². The molecule has 1 aromatic rings. The van der Waals surface area contributed by atoms with Gasteiger partial charge in [0.15, 0.2) is 0 Å². The number of piperidine rings is 1. The fraction of sp³-hybridized carbons (Fsp3) is 0.611. The summed E-state index contributed by atoms with van der Waals surface area (Å²) in [5.74, 6) is 0.872. The number of fused-ring (bicyclic) bond motifs is 3. The smallest absolute Gasteiger partial charge is 0.222 e. The van der Waals surface area contributed by atoms with Gasteiger partial charge in [0.1, 0.15) is 0 Å². The molecule has 2 heteroatoms. The standard InChI is InChI=1S/C18H25NO/c1-18(2,3)13-6-7-14-12(11-13)5-9-16-15(14)8-10-17(20)19(16)4/h6-7,11,15-16H,5,8-10H2,1-4H3. The molecule has 20 heavy (non-hydrogen) atoms. The predicted octanol–water partition coefficient (Wildman–Crippen LogP) is 3.63. The van der Waals surface area contributed by atoms with Crippen LogP contribution in [-0.2, 0) is 16.6 Å². The number of carbonyl (C=O) groups is 1. The fourth-order valence-corrected chi connectivity index (χ4v) is 3.81. The third-order valence-electron chi connectivity index (χ3n) is 5.14. The average Bonchev–Trinajstić information content (AvgIpc) is 2.41. The van der Waals surface area contributed by atoms with E-state index in [1.165, 1.54) is 16.7 Å². The van der Waals surface area contributed by atoms with Gasteiger partial charge in [-0.25, -0.2) is 0 Å². The van der Waals surface area contributed by atoms with Gasteiger partial charge < -0.3 is 4.90 Å². The second-order valence-corrected chi connectivity index (χ2v) is 7.42. The van der Waals surface area contributed by atoms with Crippen LogP contribution in [0, 0.1) is 0 Å². The van der Waals surface area contributed by atoms with Crippen molar-refractivity contribution < 1.29 is 4.79 Å². The molecule has 0 bridgehead atoms. The zero-order valence-electron chi connectivity index (χ0n) is 13.1. The molecule has 1 aliphatic heterocycles. The van der Waals surface area contributed by atoms with Crippen LogP contribution >= 0.6 is 0 Å².